The van der Waals surface area contributed by atoms with Crippen molar-refractivity contribution in [2.45, 2.75) is 33.7 Å². The van der Waals surface area contributed by atoms with Crippen molar-refractivity contribution < 1.29 is 9.59 Å². The lowest BCUT2D eigenvalue weighted by molar-refractivity contribution is -0.136. The lowest BCUT2D eigenvalue weighted by Gasteiger charge is -2.38. The van der Waals surface area contributed by atoms with Crippen LogP contribution in [0.2, 0.25) is 0 Å². The first-order chi connectivity index (χ1) is 14.7. The minimum Gasteiger partial charge on any atom is -0.346 e. The van der Waals surface area contributed by atoms with E-state index in [0.717, 1.165) is 48.4 Å². The summed E-state index contributed by atoms with van der Waals surface area (Å²) in [5.74, 6) is -1.23. The number of carbonyl (C=O) groups excluding carboxylic acids is 2. The highest BCUT2D eigenvalue weighted by Gasteiger charge is 2.25. The van der Waals surface area contributed by atoms with E-state index in [4.69, 9.17) is 0 Å². The predicted octanol–water partition coefficient (Wildman–Crippen LogP) is 2.96. The molecule has 31 heavy (non-hydrogen) atoms. The summed E-state index contributed by atoms with van der Waals surface area (Å²) in [6, 6.07) is 12.5. The normalized spacial score (nSPS) is 16.0. The molecule has 1 fully saturated rings. The number of likely N-dealkylation sites (N-methyl/N-ethyl adjacent to an activating group) is 1. The van der Waals surface area contributed by atoms with Crippen molar-refractivity contribution >= 4 is 17.5 Å². The van der Waals surface area contributed by atoms with Crippen molar-refractivity contribution in [2.24, 2.45) is 0 Å². The Kier molecular flexibility index (Phi) is 7.46. The van der Waals surface area contributed by atoms with Crippen molar-refractivity contribution in [1.82, 2.24) is 15.1 Å². The van der Waals surface area contributed by atoms with Gasteiger partial charge in [-0.15, -0.1) is 0 Å². The first-order valence-corrected chi connectivity index (χ1v) is 10.9. The average molecular weight is 423 g/mol. The van der Waals surface area contributed by atoms with Crippen molar-refractivity contribution in [3.63, 3.8) is 0 Å². The zero-order valence-electron chi connectivity index (χ0n) is 19.3. The Morgan fingerprint density at radius 1 is 0.871 bits per heavy atom. The van der Waals surface area contributed by atoms with E-state index in [0.29, 0.717) is 12.2 Å². The van der Waals surface area contributed by atoms with Gasteiger partial charge in [0.05, 0.1) is 6.04 Å². The van der Waals surface area contributed by atoms with Gasteiger partial charge in [-0.1, -0.05) is 47.5 Å². The summed E-state index contributed by atoms with van der Waals surface area (Å²) in [4.78, 5) is 29.9. The highest BCUT2D eigenvalue weighted by Crippen LogP contribution is 2.23. The van der Waals surface area contributed by atoms with E-state index in [1.165, 1.54) is 5.56 Å². The van der Waals surface area contributed by atoms with E-state index >= 15 is 0 Å². The lowest BCUT2D eigenvalue weighted by atomic mass is 10.0. The fraction of sp³-hybridized carbons (Fsp3) is 0.440. The third-order valence-electron chi connectivity index (χ3n) is 6.02. The van der Waals surface area contributed by atoms with Gasteiger partial charge in [-0.2, -0.15) is 0 Å². The molecule has 0 radical (unpaired) electrons. The zero-order chi connectivity index (χ0) is 22.5. The quantitative estimate of drug-likeness (QED) is 0.727. The third kappa shape index (κ3) is 5.93. The summed E-state index contributed by atoms with van der Waals surface area (Å²) in [5, 5.41) is 5.66. The van der Waals surface area contributed by atoms with Gasteiger partial charge in [0.25, 0.3) is 0 Å². The van der Waals surface area contributed by atoms with E-state index in [9.17, 15) is 9.59 Å². The molecule has 0 aromatic heterocycles. The van der Waals surface area contributed by atoms with E-state index in [1.807, 2.05) is 32.9 Å². The second kappa shape index (κ2) is 10.1. The van der Waals surface area contributed by atoms with E-state index < -0.39 is 11.8 Å². The lowest BCUT2D eigenvalue weighted by Crippen LogP contribution is -2.49. The Labute approximate surface area is 185 Å². The summed E-state index contributed by atoms with van der Waals surface area (Å²) in [7, 11) is 2.12. The Bertz CT molecular complexity index is 908. The van der Waals surface area contributed by atoms with Crippen molar-refractivity contribution in [3.05, 3.63) is 64.2 Å². The van der Waals surface area contributed by atoms with Crippen LogP contribution in [0.5, 0.6) is 0 Å². The monoisotopic (exact) mass is 422 g/mol. The SMILES string of the molecule is Cc1ccc([C@@H](CNC(=O)C(=O)Nc2c(C)cc(C)cc2C)N2CCN(C)CC2)cc1. The van der Waals surface area contributed by atoms with Crippen LogP contribution < -0.4 is 10.6 Å². The Morgan fingerprint density at radius 2 is 1.45 bits per heavy atom. The second-order valence-corrected chi connectivity index (χ2v) is 8.70. The molecule has 3 rings (SSSR count). The van der Waals surface area contributed by atoms with Gasteiger partial charge in [0.2, 0.25) is 0 Å². The molecular formula is C25H34N4O2. The van der Waals surface area contributed by atoms with E-state index in [2.05, 4.69) is 58.7 Å². The molecule has 0 unspecified atom stereocenters. The largest absolute Gasteiger partial charge is 0.346 e. The molecule has 1 saturated heterocycles. The summed E-state index contributed by atoms with van der Waals surface area (Å²) in [6.07, 6.45) is 0. The maximum Gasteiger partial charge on any atom is 0.313 e. The number of piperazine rings is 1. The molecule has 6 heteroatoms. The van der Waals surface area contributed by atoms with Gasteiger partial charge in [0.15, 0.2) is 0 Å². The first kappa shape index (κ1) is 23.0. The van der Waals surface area contributed by atoms with Crippen LogP contribution in [0.1, 0.15) is 33.9 Å². The van der Waals surface area contributed by atoms with Crippen LogP contribution in [0.4, 0.5) is 5.69 Å². The Morgan fingerprint density at radius 3 is 2.03 bits per heavy atom. The standard InChI is InChI=1S/C25H34N4O2/c1-17-6-8-21(9-7-17)22(29-12-10-28(5)11-13-29)16-26-24(30)25(31)27-23-19(3)14-18(2)15-20(23)4/h6-9,14-15,22H,10-13,16H2,1-5H3,(H,26,30)(H,27,31)/t22-/m1/s1. The third-order valence-corrected chi connectivity index (χ3v) is 6.02. The second-order valence-electron chi connectivity index (χ2n) is 8.70. The van der Waals surface area contributed by atoms with Crippen molar-refractivity contribution in [1.29, 1.82) is 0 Å². The minimum absolute atomic E-state index is 0.0360. The molecule has 0 saturated carbocycles. The van der Waals surface area contributed by atoms with Crippen LogP contribution in [0.25, 0.3) is 0 Å². The van der Waals surface area contributed by atoms with Gasteiger partial charge >= 0.3 is 11.8 Å². The van der Waals surface area contributed by atoms with Crippen LogP contribution in [-0.4, -0.2) is 61.4 Å². The maximum absolute atomic E-state index is 12.6. The number of nitrogens with one attached hydrogen (secondary N) is 2. The number of aryl methyl sites for hydroxylation is 4. The molecule has 2 amide bonds. The number of anilines is 1. The van der Waals surface area contributed by atoms with Gasteiger partial charge in [0, 0.05) is 38.4 Å². The van der Waals surface area contributed by atoms with E-state index in [1.54, 1.807) is 0 Å². The first-order valence-electron chi connectivity index (χ1n) is 10.9. The van der Waals surface area contributed by atoms with Gasteiger partial charge in [0.1, 0.15) is 0 Å². The molecule has 0 bridgehead atoms. The highest BCUT2D eigenvalue weighted by molar-refractivity contribution is 6.39. The van der Waals surface area contributed by atoms with Crippen LogP contribution in [-0.2, 0) is 9.59 Å². The smallest absolute Gasteiger partial charge is 0.313 e. The highest BCUT2D eigenvalue weighted by atomic mass is 16.2. The van der Waals surface area contributed by atoms with E-state index in [-0.39, 0.29) is 6.04 Å². The Balaban J connectivity index is 1.68. The molecule has 2 N–H and O–H groups in total. The molecule has 2 aromatic rings. The number of rotatable bonds is 5. The molecule has 0 spiro atoms. The zero-order valence-corrected chi connectivity index (χ0v) is 19.3. The number of amides is 2. The molecule has 6 nitrogen and oxygen atoms in total. The van der Waals surface area contributed by atoms with Crippen LogP contribution in [0, 0.1) is 27.7 Å². The van der Waals surface area contributed by atoms with Crippen LogP contribution >= 0.6 is 0 Å². The molecule has 166 valence electrons. The van der Waals surface area contributed by atoms with Gasteiger partial charge in [-0.3, -0.25) is 14.5 Å². The van der Waals surface area contributed by atoms with Crippen LogP contribution in [0.15, 0.2) is 36.4 Å². The van der Waals surface area contributed by atoms with Crippen LogP contribution in [0.3, 0.4) is 0 Å². The summed E-state index contributed by atoms with van der Waals surface area (Å²) < 4.78 is 0. The number of hydrogen-bond acceptors (Lipinski definition) is 4. The van der Waals surface area contributed by atoms with Gasteiger partial charge in [-0.05, 0) is 51.4 Å². The molecule has 1 atom stereocenters. The molecular weight excluding hydrogens is 388 g/mol. The van der Waals surface area contributed by atoms with Gasteiger partial charge < -0.3 is 15.5 Å². The number of hydrogen-bond donors (Lipinski definition) is 2. The molecule has 2 aromatic carbocycles. The topological polar surface area (TPSA) is 64.7 Å². The molecule has 1 aliphatic heterocycles. The summed E-state index contributed by atoms with van der Waals surface area (Å²) in [6.45, 7) is 12.2. The van der Waals surface area contributed by atoms with Crippen molar-refractivity contribution in [2.75, 3.05) is 45.1 Å². The Hall–Kier alpha value is -2.70. The fourth-order valence-electron chi connectivity index (χ4n) is 4.20. The predicted molar refractivity (Wildman–Crippen MR) is 125 cm³/mol. The summed E-state index contributed by atoms with van der Waals surface area (Å²) in [5.41, 5.74) is 6.10. The number of carbonyl (C=O) groups is 2. The maximum atomic E-state index is 12.6. The molecule has 0 aliphatic carbocycles. The molecule has 1 aliphatic rings. The molecule has 1 heterocycles. The number of nitrogens with zero attached hydrogens (tertiary/aromatic N) is 2. The summed E-state index contributed by atoms with van der Waals surface area (Å²) >= 11 is 0. The van der Waals surface area contributed by atoms with Gasteiger partial charge in [-0.25, -0.2) is 0 Å². The number of benzene rings is 2. The minimum atomic E-state index is -0.629. The van der Waals surface area contributed by atoms with Crippen molar-refractivity contribution in [3.8, 4) is 0 Å². The average Bonchev–Trinajstić information content (AvgIpc) is 2.72. The fourth-order valence-corrected chi connectivity index (χ4v) is 4.20.